The van der Waals surface area contributed by atoms with Crippen molar-refractivity contribution in [3.63, 3.8) is 0 Å². The topological polar surface area (TPSA) is 35.5 Å². The number of hydrogen-bond acceptors (Lipinski definition) is 3. The van der Waals surface area contributed by atoms with Gasteiger partial charge >= 0.3 is 0 Å². The second-order valence-electron chi connectivity index (χ2n) is 4.15. The number of aliphatic hydroxyl groups excluding tert-OH is 1. The zero-order valence-corrected chi connectivity index (χ0v) is 10.3. The summed E-state index contributed by atoms with van der Waals surface area (Å²) in [6.45, 7) is 3.27. The van der Waals surface area contributed by atoms with E-state index in [4.69, 9.17) is 11.6 Å². The van der Waals surface area contributed by atoms with E-state index in [0.29, 0.717) is 10.6 Å². The molecule has 0 spiro atoms. The number of aliphatic hydroxyl groups is 1. The average Bonchev–Trinajstić information content (AvgIpc) is 2.34. The molecule has 5 heteroatoms. The lowest BCUT2D eigenvalue weighted by Crippen LogP contribution is -2.46. The van der Waals surface area contributed by atoms with E-state index in [9.17, 15) is 9.50 Å². The number of hydrogen-bond donors (Lipinski definition) is 2. The minimum atomic E-state index is -0.352. The van der Waals surface area contributed by atoms with E-state index >= 15 is 0 Å². The molecule has 1 atom stereocenters. The van der Waals surface area contributed by atoms with E-state index in [1.54, 1.807) is 12.1 Å². The fraction of sp³-hybridized carbons (Fsp3) is 0.500. The van der Waals surface area contributed by atoms with Crippen LogP contribution in [0.1, 0.15) is 11.6 Å². The lowest BCUT2D eigenvalue weighted by Gasteiger charge is -2.34. The normalized spacial score (nSPS) is 19.2. The quantitative estimate of drug-likeness (QED) is 0.861. The van der Waals surface area contributed by atoms with Crippen molar-refractivity contribution in [1.29, 1.82) is 0 Å². The van der Waals surface area contributed by atoms with Gasteiger partial charge in [-0.3, -0.25) is 4.90 Å². The van der Waals surface area contributed by atoms with E-state index in [2.05, 4.69) is 10.2 Å². The Hall–Kier alpha value is -0.680. The molecule has 17 heavy (non-hydrogen) atoms. The third-order valence-electron chi connectivity index (χ3n) is 3.09. The zero-order chi connectivity index (χ0) is 12.3. The van der Waals surface area contributed by atoms with Crippen molar-refractivity contribution in [3.8, 4) is 0 Å². The van der Waals surface area contributed by atoms with Gasteiger partial charge in [-0.25, -0.2) is 4.39 Å². The van der Waals surface area contributed by atoms with Gasteiger partial charge in [-0.1, -0.05) is 17.7 Å². The van der Waals surface area contributed by atoms with Crippen molar-refractivity contribution in [2.24, 2.45) is 0 Å². The molecule has 1 aliphatic rings. The highest BCUT2D eigenvalue weighted by molar-refractivity contribution is 6.30. The first-order chi connectivity index (χ1) is 8.22. The van der Waals surface area contributed by atoms with Gasteiger partial charge in [-0.15, -0.1) is 0 Å². The monoisotopic (exact) mass is 258 g/mol. The second-order valence-corrected chi connectivity index (χ2v) is 4.59. The Morgan fingerprint density at radius 1 is 1.41 bits per heavy atom. The molecule has 1 aliphatic heterocycles. The maximum absolute atomic E-state index is 13.8. The molecule has 0 saturated carbocycles. The fourth-order valence-electron chi connectivity index (χ4n) is 2.18. The Kier molecular flexibility index (Phi) is 4.34. The summed E-state index contributed by atoms with van der Waals surface area (Å²) in [5, 5.41) is 13.1. The van der Waals surface area contributed by atoms with Crippen LogP contribution in [0.5, 0.6) is 0 Å². The second kappa shape index (κ2) is 5.78. The third-order valence-corrected chi connectivity index (χ3v) is 3.32. The van der Waals surface area contributed by atoms with Crippen molar-refractivity contribution in [3.05, 3.63) is 34.6 Å². The molecule has 1 fully saturated rings. The standard InChI is InChI=1S/C12H16ClFN2O/c13-9-1-2-10(11(14)7-9)12(8-17)16-5-3-15-4-6-16/h1-2,7,12,15,17H,3-6,8H2. The maximum atomic E-state index is 13.8. The van der Waals surface area contributed by atoms with Crippen LogP contribution >= 0.6 is 11.6 Å². The van der Waals surface area contributed by atoms with Crippen LogP contribution in [0.15, 0.2) is 18.2 Å². The highest BCUT2D eigenvalue weighted by atomic mass is 35.5. The van der Waals surface area contributed by atoms with E-state index in [1.807, 2.05) is 0 Å². The summed E-state index contributed by atoms with van der Waals surface area (Å²) in [6, 6.07) is 4.32. The van der Waals surface area contributed by atoms with Crippen LogP contribution in [0.3, 0.4) is 0 Å². The average molecular weight is 259 g/mol. The zero-order valence-electron chi connectivity index (χ0n) is 9.50. The SMILES string of the molecule is OCC(c1ccc(Cl)cc1F)N1CCNCC1. The van der Waals surface area contributed by atoms with Crippen LogP contribution in [0.4, 0.5) is 4.39 Å². The highest BCUT2D eigenvalue weighted by Crippen LogP contribution is 2.25. The summed E-state index contributed by atoms with van der Waals surface area (Å²) in [7, 11) is 0. The largest absolute Gasteiger partial charge is 0.394 e. The van der Waals surface area contributed by atoms with Gasteiger partial charge in [0.05, 0.1) is 12.6 Å². The van der Waals surface area contributed by atoms with Crippen LogP contribution in [0, 0.1) is 5.82 Å². The Labute approximate surface area is 105 Å². The van der Waals surface area contributed by atoms with Gasteiger partial charge in [0, 0.05) is 36.8 Å². The van der Waals surface area contributed by atoms with Gasteiger partial charge in [-0.2, -0.15) is 0 Å². The lowest BCUT2D eigenvalue weighted by molar-refractivity contribution is 0.108. The summed E-state index contributed by atoms with van der Waals surface area (Å²) < 4.78 is 13.8. The molecule has 0 aromatic heterocycles. The molecule has 0 aliphatic carbocycles. The van der Waals surface area contributed by atoms with Crippen molar-refractivity contribution in [2.45, 2.75) is 6.04 Å². The molecular formula is C12H16ClFN2O. The Morgan fingerprint density at radius 2 is 2.12 bits per heavy atom. The number of benzene rings is 1. The van der Waals surface area contributed by atoms with Crippen LogP contribution < -0.4 is 5.32 Å². The van der Waals surface area contributed by atoms with E-state index < -0.39 is 0 Å². The number of halogens is 2. The van der Waals surface area contributed by atoms with Gasteiger partial charge in [0.25, 0.3) is 0 Å². The minimum absolute atomic E-state index is 0.0848. The number of rotatable bonds is 3. The molecule has 1 aromatic carbocycles. The van der Waals surface area contributed by atoms with Crippen LogP contribution in [0.25, 0.3) is 0 Å². The van der Waals surface area contributed by atoms with Gasteiger partial charge in [0.1, 0.15) is 5.82 Å². The Balaban J connectivity index is 2.21. The van der Waals surface area contributed by atoms with Crippen molar-refractivity contribution in [1.82, 2.24) is 10.2 Å². The van der Waals surface area contributed by atoms with Crippen LogP contribution in [0.2, 0.25) is 5.02 Å². The molecule has 0 bridgehead atoms. The number of nitrogens with zero attached hydrogens (tertiary/aromatic N) is 1. The first kappa shape index (κ1) is 12.8. The third kappa shape index (κ3) is 2.96. The summed E-state index contributed by atoms with van der Waals surface area (Å²) >= 11 is 5.72. The predicted octanol–water partition coefficient (Wildman–Crippen LogP) is 1.42. The fourth-order valence-corrected chi connectivity index (χ4v) is 2.33. The van der Waals surface area contributed by atoms with Crippen LogP contribution in [-0.4, -0.2) is 42.8 Å². The summed E-state index contributed by atoms with van der Waals surface area (Å²) in [5.74, 6) is -0.352. The summed E-state index contributed by atoms with van der Waals surface area (Å²) in [5.41, 5.74) is 0.513. The van der Waals surface area contributed by atoms with Crippen molar-refractivity contribution >= 4 is 11.6 Å². The number of piperazine rings is 1. The molecule has 1 aromatic rings. The lowest BCUT2D eigenvalue weighted by atomic mass is 10.0. The molecule has 0 amide bonds. The summed E-state index contributed by atoms with van der Waals surface area (Å²) in [6.07, 6.45) is 0. The summed E-state index contributed by atoms with van der Waals surface area (Å²) in [4.78, 5) is 2.09. The Morgan fingerprint density at radius 3 is 2.71 bits per heavy atom. The van der Waals surface area contributed by atoms with Gasteiger partial charge < -0.3 is 10.4 Å². The van der Waals surface area contributed by atoms with Crippen molar-refractivity contribution < 1.29 is 9.50 Å². The molecule has 3 nitrogen and oxygen atoms in total. The molecule has 1 unspecified atom stereocenters. The van der Waals surface area contributed by atoms with E-state index in [0.717, 1.165) is 26.2 Å². The first-order valence-corrected chi connectivity index (χ1v) is 6.10. The van der Waals surface area contributed by atoms with Gasteiger partial charge in [0.2, 0.25) is 0 Å². The van der Waals surface area contributed by atoms with E-state index in [-0.39, 0.29) is 18.5 Å². The minimum Gasteiger partial charge on any atom is -0.394 e. The molecule has 1 heterocycles. The smallest absolute Gasteiger partial charge is 0.129 e. The first-order valence-electron chi connectivity index (χ1n) is 5.73. The maximum Gasteiger partial charge on any atom is 0.129 e. The number of nitrogens with one attached hydrogen (secondary N) is 1. The Bertz CT molecular complexity index is 383. The molecule has 2 rings (SSSR count). The molecule has 2 N–H and O–H groups in total. The highest BCUT2D eigenvalue weighted by Gasteiger charge is 2.23. The molecular weight excluding hydrogens is 243 g/mol. The predicted molar refractivity (Wildman–Crippen MR) is 65.7 cm³/mol. The molecule has 94 valence electrons. The molecule has 1 saturated heterocycles. The van der Waals surface area contributed by atoms with Gasteiger partial charge in [0.15, 0.2) is 0 Å². The van der Waals surface area contributed by atoms with E-state index in [1.165, 1.54) is 6.07 Å². The van der Waals surface area contributed by atoms with Gasteiger partial charge in [-0.05, 0) is 12.1 Å². The van der Waals surface area contributed by atoms with Crippen LogP contribution in [-0.2, 0) is 0 Å². The van der Waals surface area contributed by atoms with Crippen molar-refractivity contribution in [2.75, 3.05) is 32.8 Å². The molecule has 0 radical (unpaired) electrons.